The van der Waals surface area contributed by atoms with Gasteiger partial charge in [-0.15, -0.1) is 10.2 Å². The van der Waals surface area contributed by atoms with Crippen LogP contribution in [-0.2, 0) is 19.7 Å². The number of phenols is 1. The fraction of sp³-hybridized carbons (Fsp3) is 0.323. The van der Waals surface area contributed by atoms with E-state index in [1.807, 2.05) is 12.1 Å². The molecule has 2 heterocycles. The summed E-state index contributed by atoms with van der Waals surface area (Å²) in [4.78, 5) is 14.9. The highest BCUT2D eigenvalue weighted by Crippen LogP contribution is 2.35. The van der Waals surface area contributed by atoms with Crippen LogP contribution in [0.4, 0.5) is 0 Å². The molecule has 3 aromatic carbocycles. The van der Waals surface area contributed by atoms with E-state index in [4.69, 9.17) is 32.8 Å². The molecule has 11 heteroatoms. The van der Waals surface area contributed by atoms with E-state index >= 15 is 0 Å². The molecule has 4 aromatic rings. The molecule has 5 rings (SSSR count). The van der Waals surface area contributed by atoms with Crippen molar-refractivity contribution in [2.45, 2.75) is 26.1 Å². The molecule has 0 aliphatic carbocycles. The molecule has 1 saturated heterocycles. The molecule has 1 N–H and O–H groups in total. The number of ether oxygens (including phenoxy) is 1. The Morgan fingerprint density at radius 1 is 0.857 bits per heavy atom. The van der Waals surface area contributed by atoms with Crippen LogP contribution in [-0.4, -0.2) is 75.4 Å². The molecule has 0 bridgehead atoms. The average molecular weight is 610 g/mol. The summed E-state index contributed by atoms with van der Waals surface area (Å²) in [5.41, 5.74) is 4.50. The summed E-state index contributed by atoms with van der Waals surface area (Å²) in [6.45, 7) is 5.97. The maximum absolute atomic E-state index is 9.74. The highest BCUT2D eigenvalue weighted by Gasteiger charge is 2.14. The van der Waals surface area contributed by atoms with Crippen LogP contribution >= 0.6 is 23.2 Å². The second-order valence-electron chi connectivity index (χ2n) is 10.5. The number of phenolic OH excluding ortho intramolecular Hbond substituents is 1. The van der Waals surface area contributed by atoms with Crippen molar-refractivity contribution in [1.29, 1.82) is 0 Å². The molecular weight excluding hydrogens is 575 g/mol. The highest BCUT2D eigenvalue weighted by molar-refractivity contribution is 6.37. The van der Waals surface area contributed by atoms with Crippen LogP contribution in [0, 0.1) is 0 Å². The number of hydroxylamine groups is 2. The zero-order valence-electron chi connectivity index (χ0n) is 23.7. The molecule has 1 aliphatic rings. The van der Waals surface area contributed by atoms with Gasteiger partial charge in [-0.25, -0.2) is 4.98 Å². The number of aromatic hydroxyl groups is 1. The van der Waals surface area contributed by atoms with Gasteiger partial charge in [0, 0.05) is 38.3 Å². The molecule has 0 spiro atoms. The summed E-state index contributed by atoms with van der Waals surface area (Å²) in [6, 6.07) is 19.9. The fourth-order valence-corrected chi connectivity index (χ4v) is 5.15. The lowest BCUT2D eigenvalue weighted by Crippen LogP contribution is -2.31. The number of nitrogens with zero attached hydrogens (tertiary/aromatic N) is 6. The molecule has 0 amide bonds. The molecule has 1 fully saturated rings. The smallest absolute Gasteiger partial charge is 0.336 e. The second-order valence-corrected chi connectivity index (χ2v) is 11.3. The first-order valence-corrected chi connectivity index (χ1v) is 14.6. The Kier molecular flexibility index (Phi) is 10.1. The van der Waals surface area contributed by atoms with Gasteiger partial charge in [0.15, 0.2) is 5.75 Å². The van der Waals surface area contributed by atoms with E-state index in [1.165, 1.54) is 17.3 Å². The molecule has 42 heavy (non-hydrogen) atoms. The predicted molar refractivity (Wildman–Crippen MR) is 164 cm³/mol. The fourth-order valence-electron chi connectivity index (χ4n) is 4.66. The zero-order valence-corrected chi connectivity index (χ0v) is 25.2. The summed E-state index contributed by atoms with van der Waals surface area (Å²) in [6.07, 6.45) is 2.64. The molecule has 9 nitrogen and oxygen atoms in total. The normalized spacial score (nSPS) is 14.6. The Bertz CT molecular complexity index is 1430. The Labute approximate surface area is 256 Å². The van der Waals surface area contributed by atoms with E-state index in [2.05, 4.69) is 80.5 Å². The maximum atomic E-state index is 9.74. The number of aromatic nitrogens is 3. The van der Waals surface area contributed by atoms with Crippen LogP contribution < -0.4 is 9.57 Å². The van der Waals surface area contributed by atoms with Gasteiger partial charge in [-0.3, -0.25) is 4.90 Å². The first kappa shape index (κ1) is 30.0. The van der Waals surface area contributed by atoms with Gasteiger partial charge in [-0.05, 0) is 68.0 Å². The maximum Gasteiger partial charge on any atom is 0.336 e. The largest absolute Gasteiger partial charge is 0.505 e. The molecule has 1 aromatic heterocycles. The van der Waals surface area contributed by atoms with Crippen LogP contribution in [0.5, 0.6) is 17.5 Å². The van der Waals surface area contributed by atoms with Gasteiger partial charge in [0.25, 0.3) is 0 Å². The Morgan fingerprint density at radius 2 is 1.50 bits per heavy atom. The van der Waals surface area contributed by atoms with Crippen molar-refractivity contribution < 1.29 is 14.7 Å². The van der Waals surface area contributed by atoms with Crippen LogP contribution in [0.1, 0.15) is 23.1 Å². The minimum Gasteiger partial charge on any atom is -0.505 e. The van der Waals surface area contributed by atoms with Crippen molar-refractivity contribution >= 4 is 23.2 Å². The standard InChI is InChI=1S/C31H34Cl2N6O3/c1-37-12-3-13-39(15-14-37)42-26-10-8-23(9-11-26)20-38(2)19-22-4-6-24(7-5-22)21-41-31-34-18-29(35-36-31)25-16-27(32)30(40)28(33)17-25/h4-11,16-18,40H,3,12-15,19-21H2,1-2H3. The lowest BCUT2D eigenvalue weighted by molar-refractivity contribution is -0.0538. The summed E-state index contributed by atoms with van der Waals surface area (Å²) < 4.78 is 5.72. The van der Waals surface area contributed by atoms with Gasteiger partial charge < -0.3 is 19.6 Å². The van der Waals surface area contributed by atoms with Gasteiger partial charge >= 0.3 is 6.01 Å². The third-order valence-corrected chi connectivity index (χ3v) is 7.56. The molecule has 0 atom stereocenters. The Hall–Kier alpha value is -3.47. The van der Waals surface area contributed by atoms with Crippen LogP contribution in [0.25, 0.3) is 11.3 Å². The number of likely N-dealkylation sites (N-methyl/N-ethyl adjacent to an activating group) is 1. The van der Waals surface area contributed by atoms with E-state index in [0.717, 1.165) is 57.0 Å². The SMILES string of the molecule is CN1CCCN(Oc2ccc(CN(C)Cc3ccc(COc4ncc(-c5cc(Cl)c(O)c(Cl)c5)nn4)cc3)cc2)CC1. The van der Waals surface area contributed by atoms with Gasteiger partial charge in [-0.2, -0.15) is 0 Å². The van der Waals surface area contributed by atoms with Crippen LogP contribution in [0.15, 0.2) is 66.9 Å². The summed E-state index contributed by atoms with van der Waals surface area (Å²) in [5, 5.41) is 20.2. The van der Waals surface area contributed by atoms with Gasteiger partial charge in [0.05, 0.1) is 16.2 Å². The minimum absolute atomic E-state index is 0.130. The van der Waals surface area contributed by atoms with Gasteiger partial charge in [0.2, 0.25) is 0 Å². The minimum atomic E-state index is -0.173. The van der Waals surface area contributed by atoms with Crippen molar-refractivity contribution in [3.05, 3.63) is 93.6 Å². The number of halogens is 2. The van der Waals surface area contributed by atoms with Crippen molar-refractivity contribution in [3.8, 4) is 28.8 Å². The van der Waals surface area contributed by atoms with Crippen molar-refractivity contribution in [2.24, 2.45) is 0 Å². The summed E-state index contributed by atoms with van der Waals surface area (Å²) >= 11 is 12.0. The van der Waals surface area contributed by atoms with Crippen molar-refractivity contribution in [2.75, 3.05) is 40.3 Å². The van der Waals surface area contributed by atoms with Crippen LogP contribution in [0.3, 0.4) is 0 Å². The zero-order chi connectivity index (χ0) is 29.5. The third kappa shape index (κ3) is 8.30. The first-order valence-electron chi connectivity index (χ1n) is 13.8. The number of benzene rings is 3. The average Bonchev–Trinajstić information content (AvgIpc) is 3.20. The van der Waals surface area contributed by atoms with Crippen molar-refractivity contribution in [1.82, 2.24) is 30.0 Å². The Balaban J connectivity index is 1.07. The first-order chi connectivity index (χ1) is 20.3. The van der Waals surface area contributed by atoms with Gasteiger partial charge in [0.1, 0.15) is 18.1 Å². The quantitative estimate of drug-likeness (QED) is 0.244. The molecule has 1 aliphatic heterocycles. The van der Waals surface area contributed by atoms with E-state index in [-0.39, 0.29) is 21.8 Å². The molecule has 0 unspecified atom stereocenters. The lowest BCUT2D eigenvalue weighted by atomic mass is 10.1. The second kappa shape index (κ2) is 14.1. The van der Waals surface area contributed by atoms with E-state index in [9.17, 15) is 5.11 Å². The Morgan fingerprint density at radius 3 is 2.14 bits per heavy atom. The van der Waals surface area contributed by atoms with E-state index in [1.54, 1.807) is 12.1 Å². The number of hydrogen-bond acceptors (Lipinski definition) is 9. The van der Waals surface area contributed by atoms with Crippen molar-refractivity contribution in [3.63, 3.8) is 0 Å². The lowest BCUT2D eigenvalue weighted by Gasteiger charge is -2.21. The van der Waals surface area contributed by atoms with E-state index < -0.39 is 0 Å². The summed E-state index contributed by atoms with van der Waals surface area (Å²) in [5.74, 6) is 0.710. The monoisotopic (exact) mass is 608 g/mol. The summed E-state index contributed by atoms with van der Waals surface area (Å²) in [7, 11) is 4.27. The molecule has 220 valence electrons. The van der Waals surface area contributed by atoms with Crippen LogP contribution in [0.2, 0.25) is 10.0 Å². The number of rotatable bonds is 10. The molecule has 0 saturated carbocycles. The molecular formula is C31H34Cl2N6O3. The third-order valence-electron chi connectivity index (χ3n) is 6.99. The molecule has 0 radical (unpaired) electrons. The number of hydrogen-bond donors (Lipinski definition) is 1. The topological polar surface area (TPSA) is 87.1 Å². The predicted octanol–water partition coefficient (Wildman–Crippen LogP) is 5.69. The van der Waals surface area contributed by atoms with Gasteiger partial charge in [-0.1, -0.05) is 64.7 Å². The highest BCUT2D eigenvalue weighted by atomic mass is 35.5. The van der Waals surface area contributed by atoms with E-state index in [0.29, 0.717) is 17.9 Å².